The predicted molar refractivity (Wildman–Crippen MR) is 36.0 cm³/mol. The Hall–Kier alpha value is -0.120. The van der Waals surface area contributed by atoms with Gasteiger partial charge in [-0.1, -0.05) is 0 Å². The minimum atomic E-state index is -0.579. The van der Waals surface area contributed by atoms with Crippen LogP contribution in [0.5, 0.6) is 0 Å². The van der Waals surface area contributed by atoms with E-state index in [2.05, 4.69) is 0 Å². The largest absolute Gasteiger partial charge is 0.393 e. The Balaban J connectivity index is 3.38. The Morgan fingerprint density at radius 3 is 1.89 bits per heavy atom. The van der Waals surface area contributed by atoms with Crippen LogP contribution in [0.3, 0.4) is 0 Å². The molecule has 0 aliphatic rings. The van der Waals surface area contributed by atoms with Crippen LogP contribution in [0, 0.1) is 0 Å². The number of hydrogen-bond donors (Lipinski definition) is 3. The normalized spacial score (nSPS) is 21.0. The van der Waals surface area contributed by atoms with Crippen LogP contribution in [0.25, 0.3) is 0 Å². The van der Waals surface area contributed by atoms with Crippen molar-refractivity contribution in [1.82, 2.24) is 0 Å². The van der Waals surface area contributed by atoms with Gasteiger partial charge in [0.05, 0.1) is 12.2 Å². The first-order valence-corrected chi connectivity index (χ1v) is 3.15. The van der Waals surface area contributed by atoms with Crippen molar-refractivity contribution in [3.63, 3.8) is 0 Å². The fourth-order valence-electron chi connectivity index (χ4n) is 0.564. The third-order valence-electron chi connectivity index (χ3n) is 1.19. The highest BCUT2D eigenvalue weighted by molar-refractivity contribution is 4.68. The van der Waals surface area contributed by atoms with Crippen LogP contribution in [0.1, 0.15) is 20.3 Å². The van der Waals surface area contributed by atoms with Gasteiger partial charge in [0.1, 0.15) is 0 Å². The van der Waals surface area contributed by atoms with Crippen molar-refractivity contribution in [2.24, 2.45) is 5.73 Å². The zero-order chi connectivity index (χ0) is 7.44. The maximum absolute atomic E-state index is 9.01. The van der Waals surface area contributed by atoms with E-state index in [1.165, 1.54) is 0 Å². The maximum Gasteiger partial charge on any atom is 0.0712 e. The summed E-state index contributed by atoms with van der Waals surface area (Å²) in [6.07, 6.45) is -0.687. The minimum absolute atomic E-state index is 0.250. The van der Waals surface area contributed by atoms with Crippen LogP contribution < -0.4 is 5.73 Å². The lowest BCUT2D eigenvalue weighted by Crippen LogP contribution is -2.33. The fourth-order valence-corrected chi connectivity index (χ4v) is 0.564. The summed E-state index contributed by atoms with van der Waals surface area (Å²) in [4.78, 5) is 0. The summed E-state index contributed by atoms with van der Waals surface area (Å²) in [5.74, 6) is 0. The molecule has 9 heavy (non-hydrogen) atoms. The van der Waals surface area contributed by atoms with E-state index in [1.54, 1.807) is 13.8 Å². The summed E-state index contributed by atoms with van der Waals surface area (Å²) in [5, 5.41) is 17.8. The van der Waals surface area contributed by atoms with Gasteiger partial charge in [-0.25, -0.2) is 0 Å². The summed E-state index contributed by atoms with van der Waals surface area (Å²) in [7, 11) is 0. The van der Waals surface area contributed by atoms with Crippen LogP contribution >= 0.6 is 0 Å². The molecule has 0 saturated heterocycles. The van der Waals surface area contributed by atoms with E-state index >= 15 is 0 Å². The standard InChI is InChI=1S/C6H15NO2/c1-4(8)3-6(9)5(2)7/h4-6,8-9H,3,7H2,1-2H3/t4-,5-,6-/m0/s1. The lowest BCUT2D eigenvalue weighted by Gasteiger charge is -2.15. The van der Waals surface area contributed by atoms with Crippen molar-refractivity contribution in [1.29, 1.82) is 0 Å². The summed E-state index contributed by atoms with van der Waals surface area (Å²) in [6.45, 7) is 3.35. The van der Waals surface area contributed by atoms with Crippen LogP contribution in [-0.2, 0) is 0 Å². The zero-order valence-corrected chi connectivity index (χ0v) is 5.91. The molecule has 0 spiro atoms. The van der Waals surface area contributed by atoms with Crippen LogP contribution in [-0.4, -0.2) is 28.5 Å². The van der Waals surface area contributed by atoms with Gasteiger partial charge in [-0.05, 0) is 13.8 Å². The smallest absolute Gasteiger partial charge is 0.0712 e. The average molecular weight is 133 g/mol. The molecule has 0 radical (unpaired) electrons. The Morgan fingerprint density at radius 1 is 1.33 bits per heavy atom. The second kappa shape index (κ2) is 3.82. The number of nitrogens with two attached hydrogens (primary N) is 1. The number of aliphatic hydroxyl groups excluding tert-OH is 2. The van der Waals surface area contributed by atoms with E-state index in [0.717, 1.165) is 0 Å². The van der Waals surface area contributed by atoms with Gasteiger partial charge in [0, 0.05) is 12.5 Å². The maximum atomic E-state index is 9.01. The number of aliphatic hydroxyl groups is 2. The van der Waals surface area contributed by atoms with E-state index < -0.39 is 12.2 Å². The highest BCUT2D eigenvalue weighted by Gasteiger charge is 2.11. The van der Waals surface area contributed by atoms with Gasteiger partial charge >= 0.3 is 0 Å². The molecule has 4 N–H and O–H groups in total. The first-order valence-electron chi connectivity index (χ1n) is 3.15. The second-order valence-electron chi connectivity index (χ2n) is 2.51. The molecule has 0 bridgehead atoms. The second-order valence-corrected chi connectivity index (χ2v) is 2.51. The van der Waals surface area contributed by atoms with Gasteiger partial charge in [-0.15, -0.1) is 0 Å². The van der Waals surface area contributed by atoms with Gasteiger partial charge < -0.3 is 15.9 Å². The molecule has 0 aromatic rings. The number of hydrogen-bond acceptors (Lipinski definition) is 3. The van der Waals surface area contributed by atoms with Gasteiger partial charge in [0.2, 0.25) is 0 Å². The van der Waals surface area contributed by atoms with E-state index in [4.69, 9.17) is 15.9 Å². The van der Waals surface area contributed by atoms with Gasteiger partial charge in [0.25, 0.3) is 0 Å². The molecule has 56 valence electrons. The van der Waals surface area contributed by atoms with Gasteiger partial charge in [-0.2, -0.15) is 0 Å². The molecule has 3 heteroatoms. The first-order chi connectivity index (χ1) is 4.04. The summed E-state index contributed by atoms with van der Waals surface area (Å²) >= 11 is 0. The highest BCUT2D eigenvalue weighted by Crippen LogP contribution is 1.99. The van der Waals surface area contributed by atoms with Crippen molar-refractivity contribution >= 4 is 0 Å². The third-order valence-corrected chi connectivity index (χ3v) is 1.19. The quantitative estimate of drug-likeness (QED) is 0.484. The monoisotopic (exact) mass is 133 g/mol. The minimum Gasteiger partial charge on any atom is -0.393 e. The van der Waals surface area contributed by atoms with E-state index in [9.17, 15) is 0 Å². The molecule has 0 aliphatic carbocycles. The number of rotatable bonds is 3. The molecule has 0 aromatic carbocycles. The molecule has 0 heterocycles. The molecule has 0 unspecified atom stereocenters. The van der Waals surface area contributed by atoms with Crippen molar-refractivity contribution in [2.75, 3.05) is 0 Å². The Bertz CT molecular complexity index is 73.5. The SMILES string of the molecule is C[C@H](O)C[C@H](O)[C@H](C)N. The van der Waals surface area contributed by atoms with Gasteiger partial charge in [0.15, 0.2) is 0 Å². The molecule has 0 aliphatic heterocycles. The van der Waals surface area contributed by atoms with Crippen molar-refractivity contribution in [3.05, 3.63) is 0 Å². The topological polar surface area (TPSA) is 66.5 Å². The summed E-state index contributed by atoms with van der Waals surface area (Å²) < 4.78 is 0. The molecule has 0 saturated carbocycles. The van der Waals surface area contributed by atoms with E-state index in [1.807, 2.05) is 0 Å². The predicted octanol–water partition coefficient (Wildman–Crippen LogP) is -0.535. The van der Waals surface area contributed by atoms with Crippen molar-refractivity contribution < 1.29 is 10.2 Å². The van der Waals surface area contributed by atoms with Gasteiger partial charge in [-0.3, -0.25) is 0 Å². The Morgan fingerprint density at radius 2 is 1.78 bits per heavy atom. The lowest BCUT2D eigenvalue weighted by molar-refractivity contribution is 0.0775. The molecule has 3 atom stereocenters. The van der Waals surface area contributed by atoms with Crippen molar-refractivity contribution in [3.8, 4) is 0 Å². The van der Waals surface area contributed by atoms with E-state index in [0.29, 0.717) is 6.42 Å². The molecule has 0 aromatic heterocycles. The van der Waals surface area contributed by atoms with Crippen LogP contribution in [0.2, 0.25) is 0 Å². The Labute approximate surface area is 55.5 Å². The highest BCUT2D eigenvalue weighted by atomic mass is 16.3. The first kappa shape index (κ1) is 8.88. The van der Waals surface area contributed by atoms with E-state index in [-0.39, 0.29) is 6.04 Å². The lowest BCUT2D eigenvalue weighted by atomic mass is 10.1. The molecule has 0 rings (SSSR count). The molecule has 0 fully saturated rings. The summed E-state index contributed by atoms with van der Waals surface area (Å²) in [6, 6.07) is -0.250. The van der Waals surface area contributed by atoms with Crippen molar-refractivity contribution in [2.45, 2.75) is 38.5 Å². The van der Waals surface area contributed by atoms with Crippen LogP contribution in [0.15, 0.2) is 0 Å². The zero-order valence-electron chi connectivity index (χ0n) is 5.91. The summed E-state index contributed by atoms with van der Waals surface area (Å²) in [5.41, 5.74) is 5.32. The van der Waals surface area contributed by atoms with Crippen LogP contribution in [0.4, 0.5) is 0 Å². The molecular formula is C6H15NO2. The molecular weight excluding hydrogens is 118 g/mol. The molecule has 0 amide bonds. The third kappa shape index (κ3) is 4.39. The Kier molecular flexibility index (Phi) is 3.77. The molecule has 3 nitrogen and oxygen atoms in total. The average Bonchev–Trinajstić information content (AvgIpc) is 1.63. The fraction of sp³-hybridized carbons (Fsp3) is 1.00.